The Hall–Kier alpha value is -7.10. The third-order valence-electron chi connectivity index (χ3n) is 10.7. The zero-order valence-electron chi connectivity index (χ0n) is 28.6. The molecule has 2 heterocycles. The van der Waals surface area contributed by atoms with Crippen molar-refractivity contribution in [1.29, 1.82) is 0 Å². The van der Waals surface area contributed by atoms with Crippen molar-refractivity contribution < 1.29 is 4.42 Å². The lowest BCUT2D eigenvalue weighted by Gasteiger charge is -2.11. The summed E-state index contributed by atoms with van der Waals surface area (Å²) in [6.07, 6.45) is 1.91. The van der Waals surface area contributed by atoms with Crippen LogP contribution in [-0.2, 0) is 0 Å². The van der Waals surface area contributed by atoms with Gasteiger partial charge in [0.25, 0.3) is 0 Å². The topological polar surface area (TPSA) is 38.9 Å². The van der Waals surface area contributed by atoms with E-state index < -0.39 is 0 Å². The molecule has 0 saturated heterocycles. The number of hydrogen-bond acceptors (Lipinski definition) is 3. The van der Waals surface area contributed by atoms with Crippen molar-refractivity contribution in [3.63, 3.8) is 0 Å². The highest BCUT2D eigenvalue weighted by Crippen LogP contribution is 2.37. The Morgan fingerprint density at radius 2 is 0.811 bits per heavy atom. The van der Waals surface area contributed by atoms with Gasteiger partial charge in [-0.05, 0) is 97.4 Å². The molecule has 0 spiro atoms. The van der Waals surface area contributed by atoms with Crippen LogP contribution in [0.1, 0.15) is 0 Å². The van der Waals surface area contributed by atoms with E-state index in [2.05, 4.69) is 164 Å². The lowest BCUT2D eigenvalue weighted by atomic mass is 9.95. The number of hydrogen-bond donors (Lipinski definition) is 0. The van der Waals surface area contributed by atoms with Gasteiger partial charge in [0.15, 0.2) is 0 Å². The molecule has 0 radical (unpaired) electrons. The summed E-state index contributed by atoms with van der Waals surface area (Å²) in [4.78, 5) is 10.2. The summed E-state index contributed by atoms with van der Waals surface area (Å²) in [5.74, 6) is 0. The summed E-state index contributed by atoms with van der Waals surface area (Å²) in [6.45, 7) is 0. The summed E-state index contributed by atoms with van der Waals surface area (Å²) in [6, 6.07) is 62.6. The fourth-order valence-corrected chi connectivity index (χ4v) is 8.01. The Labute approximate surface area is 305 Å². The van der Waals surface area contributed by atoms with Gasteiger partial charge >= 0.3 is 0 Å². The molecule has 2 aromatic heterocycles. The third-order valence-corrected chi connectivity index (χ3v) is 10.7. The minimum absolute atomic E-state index is 0.864. The molecule has 53 heavy (non-hydrogen) atoms. The van der Waals surface area contributed by atoms with Crippen LogP contribution in [0.4, 0.5) is 0 Å². The van der Waals surface area contributed by atoms with Gasteiger partial charge in [-0.2, -0.15) is 0 Å². The first-order chi connectivity index (χ1) is 26.2. The van der Waals surface area contributed by atoms with E-state index in [1.165, 1.54) is 43.8 Å². The molecule has 246 valence electrons. The van der Waals surface area contributed by atoms with Gasteiger partial charge in [0.05, 0.1) is 22.9 Å². The Bertz CT molecular complexity index is 3210. The number of aromatic nitrogens is 2. The molecule has 0 bridgehead atoms. The predicted octanol–water partition coefficient (Wildman–Crippen LogP) is 13.7. The SMILES string of the molecule is c1cc(-c2cccc(-c3cnc4c5ccccc5c5ccccc5c4n3)c2)cc(-c2ccc3cc(-c4ccc5oc6ccccc6c5c4)ccc3c2)c1. The highest BCUT2D eigenvalue weighted by Gasteiger charge is 2.13. The number of para-hydroxylation sites is 1. The smallest absolute Gasteiger partial charge is 0.135 e. The average molecular weight is 675 g/mol. The molecule has 0 unspecified atom stereocenters. The quantitative estimate of drug-likeness (QED) is 0.174. The molecule has 11 aromatic rings. The Kier molecular flexibility index (Phi) is 6.55. The van der Waals surface area contributed by atoms with E-state index in [0.717, 1.165) is 66.1 Å². The molecule has 0 aliphatic heterocycles. The van der Waals surface area contributed by atoms with E-state index in [0.29, 0.717) is 0 Å². The number of rotatable bonds is 4. The van der Waals surface area contributed by atoms with Gasteiger partial charge in [-0.25, -0.2) is 4.98 Å². The van der Waals surface area contributed by atoms with Crippen LogP contribution in [0.2, 0.25) is 0 Å². The molecular weight excluding hydrogens is 645 g/mol. The van der Waals surface area contributed by atoms with Gasteiger partial charge in [0, 0.05) is 27.1 Å². The van der Waals surface area contributed by atoms with Crippen LogP contribution in [0.25, 0.3) is 110 Å². The normalized spacial score (nSPS) is 11.8. The molecule has 0 amide bonds. The molecule has 0 saturated carbocycles. The average Bonchev–Trinajstić information content (AvgIpc) is 3.61. The van der Waals surface area contributed by atoms with Crippen molar-refractivity contribution in [3.8, 4) is 44.6 Å². The Morgan fingerprint density at radius 3 is 1.49 bits per heavy atom. The number of nitrogens with zero attached hydrogens (tertiary/aromatic N) is 2. The fourth-order valence-electron chi connectivity index (χ4n) is 8.01. The van der Waals surface area contributed by atoms with Crippen LogP contribution in [0, 0.1) is 0 Å². The summed E-state index contributed by atoms with van der Waals surface area (Å²) in [5.41, 5.74) is 12.7. The Balaban J connectivity index is 0.928. The predicted molar refractivity (Wildman–Crippen MR) is 221 cm³/mol. The van der Waals surface area contributed by atoms with E-state index in [1.807, 2.05) is 18.3 Å². The molecule has 0 aliphatic rings. The van der Waals surface area contributed by atoms with Gasteiger partial charge in [-0.15, -0.1) is 0 Å². The zero-order chi connectivity index (χ0) is 34.9. The van der Waals surface area contributed by atoms with E-state index in [9.17, 15) is 0 Å². The lowest BCUT2D eigenvalue weighted by Crippen LogP contribution is -1.92. The molecule has 3 heteroatoms. The number of furan rings is 1. The first-order valence-electron chi connectivity index (χ1n) is 18.0. The maximum Gasteiger partial charge on any atom is 0.135 e. The van der Waals surface area contributed by atoms with Crippen molar-refractivity contribution in [2.24, 2.45) is 0 Å². The second-order valence-corrected chi connectivity index (χ2v) is 13.8. The fraction of sp³-hybridized carbons (Fsp3) is 0. The van der Waals surface area contributed by atoms with Crippen molar-refractivity contribution in [2.75, 3.05) is 0 Å². The summed E-state index contributed by atoms with van der Waals surface area (Å²) in [5, 5.41) is 9.36. The lowest BCUT2D eigenvalue weighted by molar-refractivity contribution is 0.669. The van der Waals surface area contributed by atoms with Gasteiger partial charge in [0.1, 0.15) is 11.2 Å². The first kappa shape index (κ1) is 29.6. The Morgan fingerprint density at radius 1 is 0.321 bits per heavy atom. The van der Waals surface area contributed by atoms with Crippen LogP contribution < -0.4 is 0 Å². The van der Waals surface area contributed by atoms with Gasteiger partial charge in [0.2, 0.25) is 0 Å². The number of fused-ring (bicyclic) bond motifs is 10. The standard InChI is InChI=1S/C50H30N2O/c1-3-16-43-40(13-1)41-14-2-4-17-44(41)50-49(43)51-30-46(52-50)39-12-8-11-33(28-39)31-9-7-10-32(25-31)34-19-20-36-27-37(22-21-35(36)26-34)38-23-24-48-45(29-38)42-15-5-6-18-47(42)53-48/h1-30H. The van der Waals surface area contributed by atoms with Crippen LogP contribution in [0.3, 0.4) is 0 Å². The molecule has 0 fully saturated rings. The van der Waals surface area contributed by atoms with Gasteiger partial charge in [-0.1, -0.05) is 133 Å². The largest absolute Gasteiger partial charge is 0.456 e. The summed E-state index contributed by atoms with van der Waals surface area (Å²) in [7, 11) is 0. The maximum absolute atomic E-state index is 6.06. The first-order valence-corrected chi connectivity index (χ1v) is 18.0. The molecule has 0 N–H and O–H groups in total. The van der Waals surface area contributed by atoms with Crippen molar-refractivity contribution >= 4 is 65.3 Å². The maximum atomic E-state index is 6.06. The highest BCUT2D eigenvalue weighted by molar-refractivity contribution is 6.23. The van der Waals surface area contributed by atoms with Crippen LogP contribution >= 0.6 is 0 Å². The zero-order valence-corrected chi connectivity index (χ0v) is 28.6. The molecule has 0 aliphatic carbocycles. The minimum atomic E-state index is 0.864. The second-order valence-electron chi connectivity index (χ2n) is 13.8. The monoisotopic (exact) mass is 674 g/mol. The van der Waals surface area contributed by atoms with Crippen molar-refractivity contribution in [2.45, 2.75) is 0 Å². The van der Waals surface area contributed by atoms with E-state index in [1.54, 1.807) is 0 Å². The van der Waals surface area contributed by atoms with E-state index >= 15 is 0 Å². The van der Waals surface area contributed by atoms with Crippen molar-refractivity contribution in [3.05, 3.63) is 182 Å². The van der Waals surface area contributed by atoms with Crippen LogP contribution in [-0.4, -0.2) is 9.97 Å². The number of benzene rings is 9. The molecule has 3 nitrogen and oxygen atoms in total. The minimum Gasteiger partial charge on any atom is -0.456 e. The molecule has 9 aromatic carbocycles. The van der Waals surface area contributed by atoms with Crippen LogP contribution in [0.15, 0.2) is 187 Å². The van der Waals surface area contributed by atoms with E-state index in [4.69, 9.17) is 14.4 Å². The molecular formula is C50H30N2O. The van der Waals surface area contributed by atoms with Crippen molar-refractivity contribution in [1.82, 2.24) is 9.97 Å². The van der Waals surface area contributed by atoms with E-state index in [-0.39, 0.29) is 0 Å². The highest BCUT2D eigenvalue weighted by atomic mass is 16.3. The second kappa shape index (κ2) is 11.7. The summed E-state index contributed by atoms with van der Waals surface area (Å²) < 4.78 is 6.06. The summed E-state index contributed by atoms with van der Waals surface area (Å²) >= 11 is 0. The third kappa shape index (κ3) is 4.90. The van der Waals surface area contributed by atoms with Gasteiger partial charge in [-0.3, -0.25) is 4.98 Å². The molecule has 11 rings (SSSR count). The van der Waals surface area contributed by atoms with Crippen LogP contribution in [0.5, 0.6) is 0 Å². The molecule has 0 atom stereocenters. The van der Waals surface area contributed by atoms with Gasteiger partial charge < -0.3 is 4.42 Å².